The van der Waals surface area contributed by atoms with Crippen molar-refractivity contribution in [1.82, 2.24) is 4.98 Å². The van der Waals surface area contributed by atoms with Crippen molar-refractivity contribution in [3.8, 4) is 5.75 Å². The Labute approximate surface area is 121 Å². The van der Waals surface area contributed by atoms with Crippen molar-refractivity contribution in [2.45, 2.75) is 0 Å². The third kappa shape index (κ3) is 3.56. The summed E-state index contributed by atoms with van der Waals surface area (Å²) < 4.78 is 9.60. The molecule has 0 saturated carbocycles. The lowest BCUT2D eigenvalue weighted by atomic mass is 10.2. The van der Waals surface area contributed by atoms with Crippen LogP contribution >= 0.6 is 0 Å². The molecule has 1 aromatic heterocycles. The van der Waals surface area contributed by atoms with Crippen LogP contribution in [-0.4, -0.2) is 31.1 Å². The molecule has 0 saturated heterocycles. The van der Waals surface area contributed by atoms with E-state index in [0.29, 0.717) is 17.0 Å². The van der Waals surface area contributed by atoms with Crippen molar-refractivity contribution in [2.24, 2.45) is 0 Å². The van der Waals surface area contributed by atoms with Crippen LogP contribution < -0.4 is 10.1 Å². The van der Waals surface area contributed by atoms with Crippen LogP contribution in [0.1, 0.15) is 20.8 Å². The molecule has 0 radical (unpaired) electrons. The summed E-state index contributed by atoms with van der Waals surface area (Å²) in [4.78, 5) is 27.2. The Balaban J connectivity index is 2.07. The van der Waals surface area contributed by atoms with Gasteiger partial charge in [-0.2, -0.15) is 0 Å². The Hall–Kier alpha value is -2.89. The van der Waals surface area contributed by atoms with Crippen LogP contribution in [0.4, 0.5) is 5.69 Å². The zero-order valence-electron chi connectivity index (χ0n) is 11.6. The lowest BCUT2D eigenvalue weighted by Crippen LogP contribution is -2.14. The minimum absolute atomic E-state index is 0.207. The highest BCUT2D eigenvalue weighted by atomic mass is 16.5. The standard InChI is InChI=1S/C15H14N2O4/c1-20-12-6-4-11(5-7-12)17-14(18)13-8-3-10(9-16-13)15(19)21-2/h3-9H,1-2H3,(H,17,18). The van der Waals surface area contributed by atoms with E-state index in [9.17, 15) is 9.59 Å². The van der Waals surface area contributed by atoms with Gasteiger partial charge in [0.05, 0.1) is 19.8 Å². The van der Waals surface area contributed by atoms with Crippen LogP contribution in [-0.2, 0) is 4.74 Å². The number of rotatable bonds is 4. The molecule has 2 rings (SSSR count). The predicted molar refractivity (Wildman–Crippen MR) is 76.5 cm³/mol. The van der Waals surface area contributed by atoms with E-state index in [1.54, 1.807) is 31.4 Å². The van der Waals surface area contributed by atoms with Gasteiger partial charge in [-0.3, -0.25) is 9.78 Å². The van der Waals surface area contributed by atoms with Gasteiger partial charge in [0.15, 0.2) is 0 Å². The molecule has 1 N–H and O–H groups in total. The average molecular weight is 286 g/mol. The molecule has 0 unspecified atom stereocenters. The maximum absolute atomic E-state index is 12.0. The molecule has 0 aliphatic heterocycles. The van der Waals surface area contributed by atoms with Crippen LogP contribution in [0.2, 0.25) is 0 Å². The van der Waals surface area contributed by atoms with Gasteiger partial charge in [0.25, 0.3) is 5.91 Å². The monoisotopic (exact) mass is 286 g/mol. The smallest absolute Gasteiger partial charge is 0.339 e. The van der Waals surface area contributed by atoms with E-state index in [-0.39, 0.29) is 11.6 Å². The van der Waals surface area contributed by atoms with E-state index in [2.05, 4.69) is 15.0 Å². The highest BCUT2D eigenvalue weighted by molar-refractivity contribution is 6.03. The van der Waals surface area contributed by atoms with Crippen molar-refractivity contribution in [2.75, 3.05) is 19.5 Å². The lowest BCUT2D eigenvalue weighted by molar-refractivity contribution is 0.0600. The minimum Gasteiger partial charge on any atom is -0.497 e. The summed E-state index contributed by atoms with van der Waals surface area (Å²) in [5.74, 6) is -0.158. The van der Waals surface area contributed by atoms with Gasteiger partial charge >= 0.3 is 5.97 Å². The van der Waals surface area contributed by atoms with Crippen LogP contribution in [0.3, 0.4) is 0 Å². The first-order valence-corrected chi connectivity index (χ1v) is 6.14. The number of amides is 1. The lowest BCUT2D eigenvalue weighted by Gasteiger charge is -2.06. The second-order valence-electron chi connectivity index (χ2n) is 4.11. The number of ether oxygens (including phenoxy) is 2. The minimum atomic E-state index is -0.496. The Morgan fingerprint density at radius 3 is 2.29 bits per heavy atom. The van der Waals surface area contributed by atoms with Gasteiger partial charge in [-0.05, 0) is 36.4 Å². The molecule has 0 bridgehead atoms. The summed E-state index contributed by atoms with van der Waals surface area (Å²) in [7, 11) is 2.85. The highest BCUT2D eigenvalue weighted by Crippen LogP contribution is 2.15. The number of carbonyl (C=O) groups is 2. The first kappa shape index (κ1) is 14.5. The van der Waals surface area contributed by atoms with E-state index in [0.717, 1.165) is 0 Å². The maximum atomic E-state index is 12.0. The summed E-state index contributed by atoms with van der Waals surface area (Å²) in [5.41, 5.74) is 1.12. The van der Waals surface area contributed by atoms with Crippen LogP contribution in [0.25, 0.3) is 0 Å². The Morgan fingerprint density at radius 1 is 1.05 bits per heavy atom. The van der Waals surface area contributed by atoms with Gasteiger partial charge in [-0.1, -0.05) is 0 Å². The van der Waals surface area contributed by atoms with Gasteiger partial charge in [0.1, 0.15) is 11.4 Å². The Bertz CT molecular complexity index is 636. The first-order chi connectivity index (χ1) is 10.1. The number of benzene rings is 1. The van der Waals surface area contributed by atoms with Crippen molar-refractivity contribution in [3.63, 3.8) is 0 Å². The number of methoxy groups -OCH3 is 2. The SMILES string of the molecule is COC(=O)c1ccc(C(=O)Nc2ccc(OC)cc2)nc1. The zero-order chi connectivity index (χ0) is 15.2. The van der Waals surface area contributed by atoms with E-state index in [1.165, 1.54) is 25.4 Å². The number of nitrogens with one attached hydrogen (secondary N) is 1. The van der Waals surface area contributed by atoms with Crippen molar-refractivity contribution in [3.05, 3.63) is 53.9 Å². The molecule has 1 heterocycles. The Kier molecular flexibility index (Phi) is 4.50. The molecular formula is C15H14N2O4. The first-order valence-electron chi connectivity index (χ1n) is 6.14. The molecule has 6 heteroatoms. The van der Waals surface area contributed by atoms with E-state index in [4.69, 9.17) is 4.74 Å². The molecule has 0 aliphatic rings. The second-order valence-corrected chi connectivity index (χ2v) is 4.11. The number of esters is 1. The number of carbonyl (C=O) groups excluding carboxylic acids is 2. The summed E-state index contributed by atoms with van der Waals surface area (Å²) in [6, 6.07) is 9.87. The van der Waals surface area contributed by atoms with Gasteiger partial charge in [0, 0.05) is 11.9 Å². The second kappa shape index (κ2) is 6.51. The zero-order valence-corrected chi connectivity index (χ0v) is 11.6. The molecule has 6 nitrogen and oxygen atoms in total. The van der Waals surface area contributed by atoms with Crippen LogP contribution in [0.5, 0.6) is 5.75 Å². The van der Waals surface area contributed by atoms with E-state index < -0.39 is 5.97 Å². The highest BCUT2D eigenvalue weighted by Gasteiger charge is 2.10. The molecule has 108 valence electrons. The molecule has 0 spiro atoms. The summed E-state index contributed by atoms with van der Waals surface area (Å²) in [6.07, 6.45) is 1.30. The number of anilines is 1. The van der Waals surface area contributed by atoms with Gasteiger partial charge in [0.2, 0.25) is 0 Å². The molecule has 1 aromatic carbocycles. The molecule has 21 heavy (non-hydrogen) atoms. The predicted octanol–water partition coefficient (Wildman–Crippen LogP) is 2.13. The fourth-order valence-electron chi connectivity index (χ4n) is 1.64. The van der Waals surface area contributed by atoms with Crippen LogP contribution in [0, 0.1) is 0 Å². The number of hydrogen-bond acceptors (Lipinski definition) is 5. The van der Waals surface area contributed by atoms with Gasteiger partial charge in [-0.15, -0.1) is 0 Å². The third-order valence-corrected chi connectivity index (χ3v) is 2.77. The molecule has 2 aromatic rings. The van der Waals surface area contributed by atoms with Crippen molar-refractivity contribution < 1.29 is 19.1 Å². The van der Waals surface area contributed by atoms with Gasteiger partial charge in [-0.25, -0.2) is 4.79 Å². The molecule has 0 aliphatic carbocycles. The van der Waals surface area contributed by atoms with Crippen LogP contribution in [0.15, 0.2) is 42.6 Å². The normalized spacial score (nSPS) is 9.81. The third-order valence-electron chi connectivity index (χ3n) is 2.77. The summed E-state index contributed by atoms with van der Waals surface area (Å²) >= 11 is 0. The number of aromatic nitrogens is 1. The number of pyridine rings is 1. The fourth-order valence-corrected chi connectivity index (χ4v) is 1.64. The largest absolute Gasteiger partial charge is 0.497 e. The summed E-state index contributed by atoms with van der Waals surface area (Å²) in [6.45, 7) is 0. The molecule has 0 atom stereocenters. The molecule has 0 fully saturated rings. The van der Waals surface area contributed by atoms with E-state index in [1.807, 2.05) is 0 Å². The Morgan fingerprint density at radius 2 is 1.76 bits per heavy atom. The topological polar surface area (TPSA) is 77.5 Å². The van der Waals surface area contributed by atoms with Crippen molar-refractivity contribution >= 4 is 17.6 Å². The fraction of sp³-hybridized carbons (Fsp3) is 0.133. The maximum Gasteiger partial charge on any atom is 0.339 e. The van der Waals surface area contributed by atoms with Gasteiger partial charge < -0.3 is 14.8 Å². The molecular weight excluding hydrogens is 272 g/mol. The number of nitrogens with zero attached hydrogens (tertiary/aromatic N) is 1. The summed E-state index contributed by atoms with van der Waals surface area (Å²) in [5, 5.41) is 2.70. The number of hydrogen-bond donors (Lipinski definition) is 1. The molecule has 1 amide bonds. The average Bonchev–Trinajstić information content (AvgIpc) is 2.55. The van der Waals surface area contributed by atoms with Crippen molar-refractivity contribution in [1.29, 1.82) is 0 Å². The van der Waals surface area contributed by atoms with E-state index >= 15 is 0 Å². The quantitative estimate of drug-likeness (QED) is 0.871.